The molecule has 6 heterocycles. The molecule has 20 nitrogen and oxygen atoms in total. The van der Waals surface area contributed by atoms with Crippen LogP contribution in [0.4, 0.5) is 34.9 Å². The van der Waals surface area contributed by atoms with E-state index in [1.807, 2.05) is 79.8 Å². The summed E-state index contributed by atoms with van der Waals surface area (Å²) in [6, 6.07) is 32.1. The minimum atomic E-state index is -1.40. The molecule has 0 radical (unpaired) electrons. The van der Waals surface area contributed by atoms with Gasteiger partial charge in [-0.15, -0.1) is 0 Å². The molecule has 3 amide bonds. The van der Waals surface area contributed by atoms with Crippen LogP contribution in [0.5, 0.6) is 0 Å². The molecule has 2 aromatic carbocycles. The second-order valence-corrected chi connectivity index (χ2v) is 28.2. The number of piperidine rings is 3. The van der Waals surface area contributed by atoms with Crippen LogP contribution in [0.25, 0.3) is 0 Å². The molecule has 5 aromatic rings. The molecule has 97 heavy (non-hydrogen) atoms. The Labute approximate surface area is 574 Å². The predicted molar refractivity (Wildman–Crippen MR) is 382 cm³/mol. The smallest absolute Gasteiger partial charge is 0.355 e. The van der Waals surface area contributed by atoms with Gasteiger partial charge in [-0.05, 0) is 156 Å². The highest BCUT2D eigenvalue weighted by molar-refractivity contribution is 6.01. The average molecular weight is 1330 g/mol. The number of carbonyl (C=O) groups excluding carboxylic acids is 6. The summed E-state index contributed by atoms with van der Waals surface area (Å²) in [5.74, 6) is 0.194. The van der Waals surface area contributed by atoms with Gasteiger partial charge in [-0.2, -0.15) is 0 Å². The Kier molecular flexibility index (Phi) is 25.5. The molecule has 5 N–H and O–H groups in total. The number of nitrogens with one attached hydrogen (secondary N) is 5. The Balaban J connectivity index is 0.797. The van der Waals surface area contributed by atoms with Crippen LogP contribution in [0.2, 0.25) is 0 Å². The van der Waals surface area contributed by atoms with Gasteiger partial charge in [0.25, 0.3) is 17.7 Å². The summed E-state index contributed by atoms with van der Waals surface area (Å²) in [4.78, 5) is 109. The molecule has 3 saturated heterocycles. The Bertz CT molecular complexity index is 3410. The largest absolute Gasteiger partial charge is 0.450 e. The van der Waals surface area contributed by atoms with Crippen molar-refractivity contribution < 1.29 is 38.2 Å². The first-order valence-corrected chi connectivity index (χ1v) is 36.8. The number of carbonyl (C=O) groups is 6. The Morgan fingerprint density at radius 2 is 0.928 bits per heavy atom. The van der Waals surface area contributed by atoms with Crippen molar-refractivity contribution in [1.29, 1.82) is 0 Å². The lowest BCUT2D eigenvalue weighted by molar-refractivity contribution is -0.178. The molecule has 1 unspecified atom stereocenters. The molecule has 0 spiro atoms. The average Bonchev–Trinajstić information content (AvgIpc) is 0.963. The second kappa shape index (κ2) is 35.3. The lowest BCUT2D eigenvalue weighted by Crippen LogP contribution is -2.47. The predicted octanol–water partition coefficient (Wildman–Crippen LogP) is 12.0. The third-order valence-corrected chi connectivity index (χ3v) is 20.7. The number of aromatic nitrogens is 3. The van der Waals surface area contributed by atoms with Crippen LogP contribution < -0.4 is 46.2 Å². The van der Waals surface area contributed by atoms with Crippen molar-refractivity contribution in [2.45, 2.75) is 198 Å². The molecule has 6 fully saturated rings. The maximum Gasteiger partial charge on any atom is 0.355 e. The number of benzene rings is 2. The van der Waals surface area contributed by atoms with Crippen LogP contribution in [0.3, 0.4) is 0 Å². The highest BCUT2D eigenvalue weighted by atomic mass is 16.6. The van der Waals surface area contributed by atoms with Gasteiger partial charge < -0.3 is 55.7 Å². The van der Waals surface area contributed by atoms with E-state index >= 15 is 0 Å². The highest BCUT2D eigenvalue weighted by Crippen LogP contribution is 2.34. The molecule has 3 aliphatic carbocycles. The summed E-state index contributed by atoms with van der Waals surface area (Å²) < 4.78 is 12.2. The van der Waals surface area contributed by atoms with E-state index in [4.69, 9.17) is 24.4 Å². The molecule has 520 valence electrons. The maximum absolute atomic E-state index is 14.9. The quantitative estimate of drug-likeness (QED) is 0.0243. The molecule has 20 heteroatoms. The topological polar surface area (TPSA) is 233 Å². The van der Waals surface area contributed by atoms with Crippen LogP contribution >= 0.6 is 0 Å². The zero-order valence-electron chi connectivity index (χ0n) is 57.4. The number of likely N-dealkylation sites (N-methyl/N-ethyl adjacent to an activating group) is 1. The van der Waals surface area contributed by atoms with E-state index in [1.54, 1.807) is 0 Å². The lowest BCUT2D eigenvalue weighted by Gasteiger charge is -2.37. The van der Waals surface area contributed by atoms with Gasteiger partial charge in [-0.3, -0.25) is 24.0 Å². The molecule has 3 aromatic heterocycles. The number of rotatable bonds is 27. The van der Waals surface area contributed by atoms with E-state index in [1.165, 1.54) is 24.8 Å². The molecular weight excluding hydrogens is 1220 g/mol. The number of ether oxygens (including phenoxy) is 2. The third-order valence-electron chi connectivity index (χ3n) is 20.7. The SMILES string of the molecule is CCCNc1nc(N2CCC[C@@H](CC(=O)OC(=O)C(OC(=O)C[C@@H]3CCCN(c4ccc(C(=O)NC5CCCCC5)c(N(C)CCc5ccccc5)n4)C3)[C@H]3CCCN(c4ccc(C(=O)NC5CCCCC5)c(NCCc5ccccc5)n4)C3)C2)ccc1C(=O)NC1CCCCC1. The van der Waals surface area contributed by atoms with Gasteiger partial charge in [0.15, 0.2) is 0 Å². The number of hydrogen-bond donors (Lipinski definition) is 5. The summed E-state index contributed by atoms with van der Waals surface area (Å²) in [5, 5.41) is 16.7. The van der Waals surface area contributed by atoms with E-state index in [-0.39, 0.29) is 67.1 Å². The van der Waals surface area contributed by atoms with Crippen LogP contribution in [-0.2, 0) is 36.7 Å². The number of nitrogens with zero attached hydrogens (tertiary/aromatic N) is 7. The zero-order valence-corrected chi connectivity index (χ0v) is 57.4. The van der Waals surface area contributed by atoms with Gasteiger partial charge in [0, 0.05) is 90.0 Å². The number of hydrogen-bond acceptors (Lipinski definition) is 17. The summed E-state index contributed by atoms with van der Waals surface area (Å²) >= 11 is 0. The summed E-state index contributed by atoms with van der Waals surface area (Å²) in [5.41, 5.74) is 3.85. The van der Waals surface area contributed by atoms with Gasteiger partial charge in [-0.1, -0.05) is 125 Å². The zero-order chi connectivity index (χ0) is 67.3. The van der Waals surface area contributed by atoms with Crippen LogP contribution in [0.15, 0.2) is 97.1 Å². The molecule has 3 aliphatic heterocycles. The van der Waals surface area contributed by atoms with E-state index in [9.17, 15) is 28.8 Å². The van der Waals surface area contributed by atoms with Gasteiger partial charge in [-0.25, -0.2) is 19.7 Å². The standard InChI is InChI=1S/C77H104N12O8/c1-3-43-78-71-62(74(92)80-59-29-13-6-14-30-59)35-38-65(83-71)87-45-19-27-57(51-87)50-69(91)97-77(95)70(58-28-21-47-89(53-58)66-39-36-63(75(93)81-60-31-15-7-16-32-60)72(84-66)79-44-41-54-22-9-4-10-23-54)96-68(90)49-56-26-20-46-88(52-56)67-40-37-64(76(94)82-61-33-17-8-18-34-61)73(85-67)86(2)48-42-55-24-11-5-12-25-55/h4-5,9-12,22-25,35-40,56-61,70H,3,6-8,13-21,26-34,41-53H2,1-2H3,(H,78,83)(H,79,84)(H,80,92)(H,81,93)(H,82,94)/t56-,57-,58-,70?/m0/s1. The van der Waals surface area contributed by atoms with Crippen molar-refractivity contribution in [3.63, 3.8) is 0 Å². The maximum atomic E-state index is 14.9. The fraction of sp³-hybridized carbons (Fsp3) is 0.571. The monoisotopic (exact) mass is 1320 g/mol. The molecular formula is C77H104N12O8. The molecule has 4 atom stereocenters. The molecule has 11 rings (SSSR count). The number of anilines is 6. The first-order valence-electron chi connectivity index (χ1n) is 36.8. The third kappa shape index (κ3) is 20.0. The van der Waals surface area contributed by atoms with Crippen LogP contribution in [0, 0.1) is 17.8 Å². The number of amides is 3. The Morgan fingerprint density at radius 3 is 1.44 bits per heavy atom. The Hall–Kier alpha value is -8.29. The summed E-state index contributed by atoms with van der Waals surface area (Å²) in [6.45, 7) is 7.18. The minimum absolute atomic E-state index is 0.0219. The molecule has 3 saturated carbocycles. The number of pyridine rings is 3. The van der Waals surface area contributed by atoms with Crippen LogP contribution in [0.1, 0.15) is 203 Å². The van der Waals surface area contributed by atoms with Gasteiger partial charge in [0.1, 0.15) is 34.9 Å². The van der Waals surface area contributed by atoms with E-state index in [0.717, 1.165) is 133 Å². The summed E-state index contributed by atoms with van der Waals surface area (Å²) in [7, 11) is 1.99. The summed E-state index contributed by atoms with van der Waals surface area (Å²) in [6.07, 6.45) is 21.0. The van der Waals surface area contributed by atoms with Crippen molar-refractivity contribution in [3.8, 4) is 0 Å². The van der Waals surface area contributed by atoms with Crippen LogP contribution in [-0.4, -0.2) is 141 Å². The second-order valence-electron chi connectivity index (χ2n) is 28.2. The fourth-order valence-electron chi connectivity index (χ4n) is 15.3. The van der Waals surface area contributed by atoms with Crippen molar-refractivity contribution in [2.24, 2.45) is 17.8 Å². The Morgan fingerprint density at radius 1 is 0.485 bits per heavy atom. The normalized spacial score (nSPS) is 20.0. The lowest BCUT2D eigenvalue weighted by atomic mass is 9.91. The first-order chi connectivity index (χ1) is 47.4. The fourth-order valence-corrected chi connectivity index (χ4v) is 15.3. The minimum Gasteiger partial charge on any atom is -0.450 e. The molecule has 6 aliphatic rings. The van der Waals surface area contributed by atoms with E-state index < -0.39 is 29.9 Å². The number of esters is 3. The van der Waals surface area contributed by atoms with Crippen molar-refractivity contribution in [3.05, 3.63) is 125 Å². The van der Waals surface area contributed by atoms with Crippen molar-refractivity contribution >= 4 is 70.5 Å². The van der Waals surface area contributed by atoms with E-state index in [2.05, 4.69) is 77.4 Å². The van der Waals surface area contributed by atoms with Gasteiger partial charge in [0.05, 0.1) is 29.5 Å². The van der Waals surface area contributed by atoms with Crippen molar-refractivity contribution in [2.75, 3.05) is 96.2 Å². The first kappa shape index (κ1) is 70.0. The van der Waals surface area contributed by atoms with Crippen molar-refractivity contribution in [1.82, 2.24) is 30.9 Å². The van der Waals surface area contributed by atoms with E-state index in [0.29, 0.717) is 111 Å². The van der Waals surface area contributed by atoms with Gasteiger partial charge in [0.2, 0.25) is 6.10 Å². The van der Waals surface area contributed by atoms with Gasteiger partial charge >= 0.3 is 17.9 Å². The molecule has 0 bridgehead atoms. The highest BCUT2D eigenvalue weighted by Gasteiger charge is 2.40.